The lowest BCUT2D eigenvalue weighted by molar-refractivity contribution is 0.592. The molecule has 0 bridgehead atoms. The van der Waals surface area contributed by atoms with Gasteiger partial charge in [0.15, 0.2) is 12.7 Å². The molecule has 0 unspecified atom stereocenters. The number of hydrogen-bond acceptors (Lipinski definition) is 3. The van der Waals surface area contributed by atoms with Crippen LogP contribution >= 0.6 is 7.14 Å². The van der Waals surface area contributed by atoms with Crippen LogP contribution in [0.25, 0.3) is 66.0 Å². The van der Waals surface area contributed by atoms with Crippen molar-refractivity contribution in [1.82, 2.24) is 4.98 Å². The smallest absolute Gasteiger partial charge is 0.171 e. The highest BCUT2D eigenvalue weighted by atomic mass is 31.2. The summed E-state index contributed by atoms with van der Waals surface area (Å²) in [7, 11) is -3.04. The van der Waals surface area contributed by atoms with E-state index in [1.807, 2.05) is 84.9 Å². The molecule has 0 aliphatic carbocycles. The average molecular weight is 622 g/mol. The van der Waals surface area contributed by atoms with Crippen LogP contribution in [0.1, 0.15) is 0 Å². The predicted octanol–water partition coefficient (Wildman–Crippen LogP) is 10.3. The molecular weight excluding hydrogens is 593 g/mol. The number of para-hydroxylation sites is 2. The Morgan fingerprint density at radius 2 is 1.04 bits per heavy atom. The van der Waals surface area contributed by atoms with Crippen molar-refractivity contribution >= 4 is 66.7 Å². The Bertz CT molecular complexity index is 2600. The molecule has 3 nitrogen and oxygen atoms in total. The van der Waals surface area contributed by atoms with Crippen molar-refractivity contribution in [3.63, 3.8) is 0 Å². The normalized spacial score (nSPS) is 11.9. The molecule has 47 heavy (non-hydrogen) atoms. The number of hydrogen-bond donors (Lipinski definition) is 0. The van der Waals surface area contributed by atoms with Gasteiger partial charge in [0, 0.05) is 37.6 Å². The highest BCUT2D eigenvalue weighted by molar-refractivity contribution is 7.85. The Morgan fingerprint density at radius 1 is 0.468 bits per heavy atom. The highest BCUT2D eigenvalue weighted by Crippen LogP contribution is 2.43. The molecule has 0 amide bonds. The lowest BCUT2D eigenvalue weighted by atomic mass is 9.98. The molecule has 0 saturated carbocycles. The second-order valence-corrected chi connectivity index (χ2v) is 14.7. The summed E-state index contributed by atoms with van der Waals surface area (Å²) in [5.41, 5.74) is 6.69. The van der Waals surface area contributed by atoms with E-state index in [0.717, 1.165) is 81.9 Å². The first-order valence-electron chi connectivity index (χ1n) is 15.7. The topological polar surface area (TPSA) is 43.1 Å². The molecule has 9 rings (SSSR count). The molecule has 0 N–H and O–H groups in total. The standard InChI is InChI=1S/C43H28NO2P/c45-47(34-11-3-1-4-12-34,35-13-5-2-6-14-35)36-26-25-32-27-31(23-24-33(32)28-36)29-19-21-30(22-20-29)42-43-41(37-15-7-9-17-39(37)44-42)38-16-8-10-18-40(38)46-43/h1-28H. The fraction of sp³-hybridized carbons (Fsp3) is 0. The minimum absolute atomic E-state index is 0.808. The molecule has 0 saturated heterocycles. The monoisotopic (exact) mass is 621 g/mol. The van der Waals surface area contributed by atoms with Crippen molar-refractivity contribution in [3.05, 3.63) is 170 Å². The van der Waals surface area contributed by atoms with Gasteiger partial charge in [0.1, 0.15) is 11.3 Å². The minimum atomic E-state index is -3.04. The van der Waals surface area contributed by atoms with E-state index in [9.17, 15) is 4.57 Å². The number of furan rings is 1. The zero-order chi connectivity index (χ0) is 31.4. The van der Waals surface area contributed by atoms with E-state index in [1.54, 1.807) is 0 Å². The molecule has 0 fully saturated rings. The summed E-state index contributed by atoms with van der Waals surface area (Å²) in [6, 6.07) is 57.3. The van der Waals surface area contributed by atoms with Crippen LogP contribution in [0.5, 0.6) is 0 Å². The quantitative estimate of drug-likeness (QED) is 0.180. The molecule has 7 aromatic carbocycles. The van der Waals surface area contributed by atoms with Gasteiger partial charge in [-0.1, -0.05) is 146 Å². The first kappa shape index (κ1) is 27.5. The summed E-state index contributed by atoms with van der Waals surface area (Å²) in [6.45, 7) is 0. The summed E-state index contributed by atoms with van der Waals surface area (Å²) in [5, 5.41) is 7.96. The number of benzene rings is 7. The van der Waals surface area contributed by atoms with Gasteiger partial charge in [-0.05, 0) is 46.2 Å². The van der Waals surface area contributed by atoms with E-state index in [2.05, 4.69) is 84.9 Å². The molecule has 4 heteroatoms. The average Bonchev–Trinajstić information content (AvgIpc) is 3.55. The number of nitrogens with zero attached hydrogens (tertiary/aromatic N) is 1. The lowest BCUT2D eigenvalue weighted by Gasteiger charge is -2.20. The second kappa shape index (κ2) is 10.9. The third kappa shape index (κ3) is 4.51. The Morgan fingerprint density at radius 3 is 1.79 bits per heavy atom. The Labute approximate surface area is 272 Å². The van der Waals surface area contributed by atoms with E-state index >= 15 is 0 Å². The molecule has 0 radical (unpaired) electrons. The van der Waals surface area contributed by atoms with Gasteiger partial charge >= 0.3 is 0 Å². The predicted molar refractivity (Wildman–Crippen MR) is 197 cm³/mol. The molecule has 2 heterocycles. The van der Waals surface area contributed by atoms with Crippen LogP contribution in [0.2, 0.25) is 0 Å². The lowest BCUT2D eigenvalue weighted by Crippen LogP contribution is -2.24. The maximum atomic E-state index is 14.9. The van der Waals surface area contributed by atoms with Gasteiger partial charge in [0.05, 0.1) is 5.52 Å². The van der Waals surface area contributed by atoms with E-state index in [1.165, 1.54) is 0 Å². The SMILES string of the molecule is O=P(c1ccccc1)(c1ccccc1)c1ccc2cc(-c3ccc(-c4nc5ccccc5c5c4oc4ccccc45)cc3)ccc2c1. The van der Waals surface area contributed by atoms with Gasteiger partial charge in [-0.15, -0.1) is 0 Å². The molecule has 9 aromatic rings. The number of rotatable bonds is 5. The number of aromatic nitrogens is 1. The van der Waals surface area contributed by atoms with Crippen LogP contribution in [0.4, 0.5) is 0 Å². The van der Waals surface area contributed by atoms with Crippen LogP contribution in [-0.4, -0.2) is 4.98 Å². The molecule has 222 valence electrons. The zero-order valence-corrected chi connectivity index (χ0v) is 26.3. The van der Waals surface area contributed by atoms with E-state index in [0.29, 0.717) is 0 Å². The second-order valence-electron chi connectivity index (χ2n) is 11.9. The maximum absolute atomic E-state index is 14.9. The third-order valence-electron chi connectivity index (χ3n) is 9.13. The Kier molecular flexibility index (Phi) is 6.41. The minimum Gasteiger partial charge on any atom is -0.454 e. The first-order valence-corrected chi connectivity index (χ1v) is 17.4. The van der Waals surface area contributed by atoms with Crippen LogP contribution in [0, 0.1) is 0 Å². The molecule has 0 atom stereocenters. The number of pyridine rings is 1. The summed E-state index contributed by atoms with van der Waals surface area (Å²) >= 11 is 0. The van der Waals surface area contributed by atoms with E-state index < -0.39 is 7.14 Å². The van der Waals surface area contributed by atoms with Crippen LogP contribution < -0.4 is 15.9 Å². The van der Waals surface area contributed by atoms with Crippen molar-refractivity contribution in [2.45, 2.75) is 0 Å². The molecule has 0 aliphatic heterocycles. The highest BCUT2D eigenvalue weighted by Gasteiger charge is 2.29. The van der Waals surface area contributed by atoms with Crippen LogP contribution in [0.3, 0.4) is 0 Å². The fourth-order valence-electron chi connectivity index (χ4n) is 6.78. The van der Waals surface area contributed by atoms with Gasteiger partial charge in [-0.25, -0.2) is 4.98 Å². The Balaban J connectivity index is 1.10. The summed E-state index contributed by atoms with van der Waals surface area (Å²) in [5.74, 6) is 0. The maximum Gasteiger partial charge on any atom is 0.171 e. The van der Waals surface area contributed by atoms with Gasteiger partial charge in [-0.3, -0.25) is 0 Å². The fourth-order valence-corrected chi connectivity index (χ4v) is 9.46. The molecular formula is C43H28NO2P. The third-order valence-corrected chi connectivity index (χ3v) is 12.2. The van der Waals surface area contributed by atoms with Crippen LogP contribution in [-0.2, 0) is 4.57 Å². The largest absolute Gasteiger partial charge is 0.454 e. The summed E-state index contributed by atoms with van der Waals surface area (Å²) in [4.78, 5) is 5.07. The molecule has 2 aromatic heterocycles. The van der Waals surface area contributed by atoms with Crippen molar-refractivity contribution < 1.29 is 8.98 Å². The summed E-state index contributed by atoms with van der Waals surface area (Å²) in [6.07, 6.45) is 0. The van der Waals surface area contributed by atoms with Crippen LogP contribution in [0.15, 0.2) is 174 Å². The van der Waals surface area contributed by atoms with E-state index in [-0.39, 0.29) is 0 Å². The first-order chi connectivity index (χ1) is 23.2. The van der Waals surface area contributed by atoms with Crippen molar-refractivity contribution in [2.75, 3.05) is 0 Å². The van der Waals surface area contributed by atoms with Gasteiger partial charge in [0.25, 0.3) is 0 Å². The molecule has 0 aliphatic rings. The van der Waals surface area contributed by atoms with Crippen molar-refractivity contribution in [1.29, 1.82) is 0 Å². The van der Waals surface area contributed by atoms with Gasteiger partial charge < -0.3 is 8.98 Å². The zero-order valence-electron chi connectivity index (χ0n) is 25.4. The van der Waals surface area contributed by atoms with Crippen molar-refractivity contribution in [2.24, 2.45) is 0 Å². The van der Waals surface area contributed by atoms with Gasteiger partial charge in [0.2, 0.25) is 0 Å². The van der Waals surface area contributed by atoms with Crippen molar-refractivity contribution in [3.8, 4) is 22.4 Å². The molecule has 0 spiro atoms. The summed E-state index contributed by atoms with van der Waals surface area (Å²) < 4.78 is 21.3. The number of fused-ring (bicyclic) bond motifs is 6. The van der Waals surface area contributed by atoms with E-state index in [4.69, 9.17) is 9.40 Å². The van der Waals surface area contributed by atoms with Gasteiger partial charge in [-0.2, -0.15) is 0 Å². The Hall–Kier alpha value is -5.76.